The van der Waals surface area contributed by atoms with Crippen molar-refractivity contribution in [2.24, 2.45) is 0 Å². The van der Waals surface area contributed by atoms with Crippen LogP contribution in [0.4, 0.5) is 0 Å². The van der Waals surface area contributed by atoms with Crippen LogP contribution in [0.3, 0.4) is 0 Å². The largest absolute Gasteiger partial charge is 0.371 e. The van der Waals surface area contributed by atoms with Crippen LogP contribution in [-0.2, 0) is 16.1 Å². The Hall–Kier alpha value is -1.61. The first-order valence-corrected chi connectivity index (χ1v) is 6.78. The molecule has 0 unspecified atom stereocenters. The highest BCUT2D eigenvalue weighted by molar-refractivity contribution is 5.77. The first-order chi connectivity index (χ1) is 9.22. The molecule has 1 amide bonds. The van der Waals surface area contributed by atoms with Gasteiger partial charge in [-0.05, 0) is 18.9 Å². The number of carbonyl (C=O) groups excluding carboxylic acids is 1. The van der Waals surface area contributed by atoms with Crippen molar-refractivity contribution in [2.75, 3.05) is 6.54 Å². The second-order valence-electron chi connectivity index (χ2n) is 4.95. The number of ether oxygens (including phenoxy) is 1. The Morgan fingerprint density at radius 3 is 2.84 bits per heavy atom. The Morgan fingerprint density at radius 1 is 1.42 bits per heavy atom. The minimum absolute atomic E-state index is 0.109. The Labute approximate surface area is 114 Å². The molecule has 0 saturated carbocycles. The van der Waals surface area contributed by atoms with Gasteiger partial charge in [-0.3, -0.25) is 4.79 Å². The minimum Gasteiger partial charge on any atom is -0.371 e. The summed E-state index contributed by atoms with van der Waals surface area (Å²) in [6.45, 7) is 6.96. The molecule has 1 saturated heterocycles. The van der Waals surface area contributed by atoms with Crippen molar-refractivity contribution in [3.05, 3.63) is 48.6 Å². The summed E-state index contributed by atoms with van der Waals surface area (Å²) in [6, 6.07) is 10.2. The van der Waals surface area contributed by atoms with E-state index in [1.165, 1.54) is 5.56 Å². The third-order valence-corrected chi connectivity index (χ3v) is 3.63. The fraction of sp³-hybridized carbons (Fsp3) is 0.438. The van der Waals surface area contributed by atoms with E-state index in [0.29, 0.717) is 19.6 Å². The molecule has 1 heterocycles. The molecule has 0 aliphatic carbocycles. The SMILES string of the molecule is C=CCN1C(=O)CC[C@H](OCc2ccccc2)[C@H]1C. The van der Waals surface area contributed by atoms with Crippen molar-refractivity contribution >= 4 is 5.91 Å². The first kappa shape index (κ1) is 13.8. The molecule has 0 N–H and O–H groups in total. The molecule has 1 fully saturated rings. The van der Waals surface area contributed by atoms with Gasteiger partial charge in [-0.15, -0.1) is 6.58 Å². The number of benzene rings is 1. The second kappa shape index (κ2) is 6.53. The predicted octanol–water partition coefficient (Wildman–Crippen LogP) is 2.77. The fourth-order valence-corrected chi connectivity index (χ4v) is 2.49. The summed E-state index contributed by atoms with van der Waals surface area (Å²) in [4.78, 5) is 13.7. The van der Waals surface area contributed by atoms with E-state index >= 15 is 0 Å². The summed E-state index contributed by atoms with van der Waals surface area (Å²) in [5.74, 6) is 0.201. The van der Waals surface area contributed by atoms with Crippen molar-refractivity contribution in [2.45, 2.75) is 38.5 Å². The van der Waals surface area contributed by atoms with E-state index in [9.17, 15) is 4.79 Å². The number of carbonyl (C=O) groups is 1. The van der Waals surface area contributed by atoms with Gasteiger partial charge in [-0.25, -0.2) is 0 Å². The lowest BCUT2D eigenvalue weighted by molar-refractivity contribution is -0.143. The molecule has 3 nitrogen and oxygen atoms in total. The maximum absolute atomic E-state index is 11.8. The third kappa shape index (κ3) is 3.44. The molecule has 102 valence electrons. The summed E-state index contributed by atoms with van der Waals surface area (Å²) in [5, 5.41) is 0. The van der Waals surface area contributed by atoms with Gasteiger partial charge in [0.1, 0.15) is 0 Å². The van der Waals surface area contributed by atoms with E-state index in [1.54, 1.807) is 6.08 Å². The van der Waals surface area contributed by atoms with Crippen molar-refractivity contribution < 1.29 is 9.53 Å². The van der Waals surface area contributed by atoms with Gasteiger partial charge in [-0.1, -0.05) is 36.4 Å². The van der Waals surface area contributed by atoms with Gasteiger partial charge >= 0.3 is 0 Å². The van der Waals surface area contributed by atoms with Gasteiger partial charge < -0.3 is 9.64 Å². The molecular formula is C16H21NO2. The average molecular weight is 259 g/mol. The molecule has 0 aromatic heterocycles. The zero-order chi connectivity index (χ0) is 13.7. The summed E-state index contributed by atoms with van der Waals surface area (Å²) in [5.41, 5.74) is 1.17. The van der Waals surface area contributed by atoms with E-state index in [2.05, 4.69) is 25.6 Å². The Balaban J connectivity index is 1.93. The molecular weight excluding hydrogens is 238 g/mol. The molecule has 0 bridgehead atoms. The fourth-order valence-electron chi connectivity index (χ4n) is 2.49. The Bertz CT molecular complexity index is 430. The summed E-state index contributed by atoms with van der Waals surface area (Å²) in [7, 11) is 0. The zero-order valence-corrected chi connectivity index (χ0v) is 11.4. The van der Waals surface area contributed by atoms with Gasteiger partial charge in [0.2, 0.25) is 5.91 Å². The number of likely N-dealkylation sites (tertiary alicyclic amines) is 1. The second-order valence-corrected chi connectivity index (χ2v) is 4.95. The molecule has 1 aliphatic rings. The number of hydrogen-bond acceptors (Lipinski definition) is 2. The van der Waals surface area contributed by atoms with Crippen molar-refractivity contribution in [3.63, 3.8) is 0 Å². The molecule has 19 heavy (non-hydrogen) atoms. The number of nitrogens with zero attached hydrogens (tertiary/aromatic N) is 1. The highest BCUT2D eigenvalue weighted by Crippen LogP contribution is 2.22. The lowest BCUT2D eigenvalue weighted by atomic mass is 9.99. The van der Waals surface area contributed by atoms with Gasteiger partial charge in [-0.2, -0.15) is 0 Å². The number of piperidine rings is 1. The smallest absolute Gasteiger partial charge is 0.223 e. The number of rotatable bonds is 5. The monoisotopic (exact) mass is 259 g/mol. The summed E-state index contributed by atoms with van der Waals surface area (Å²) >= 11 is 0. The van der Waals surface area contributed by atoms with E-state index in [0.717, 1.165) is 6.42 Å². The minimum atomic E-state index is 0.109. The molecule has 1 aromatic rings. The molecule has 1 aromatic carbocycles. The molecule has 0 spiro atoms. The quantitative estimate of drug-likeness (QED) is 0.761. The van der Waals surface area contributed by atoms with Crippen LogP contribution in [0.5, 0.6) is 0 Å². The lowest BCUT2D eigenvalue weighted by Gasteiger charge is -2.38. The third-order valence-electron chi connectivity index (χ3n) is 3.63. The van der Waals surface area contributed by atoms with Crippen LogP contribution in [-0.4, -0.2) is 29.5 Å². The van der Waals surface area contributed by atoms with Gasteiger partial charge in [0.05, 0.1) is 18.8 Å². The Kier molecular flexibility index (Phi) is 4.74. The topological polar surface area (TPSA) is 29.5 Å². The predicted molar refractivity (Wildman–Crippen MR) is 75.6 cm³/mol. The van der Waals surface area contributed by atoms with Crippen molar-refractivity contribution in [3.8, 4) is 0 Å². The molecule has 2 atom stereocenters. The number of amides is 1. The van der Waals surface area contributed by atoms with Crippen LogP contribution in [0.2, 0.25) is 0 Å². The lowest BCUT2D eigenvalue weighted by Crippen LogP contribution is -2.50. The number of hydrogen-bond donors (Lipinski definition) is 0. The van der Waals surface area contributed by atoms with E-state index < -0.39 is 0 Å². The van der Waals surface area contributed by atoms with Crippen LogP contribution in [0.1, 0.15) is 25.3 Å². The normalized spacial score (nSPS) is 23.4. The summed E-state index contributed by atoms with van der Waals surface area (Å²) in [6.07, 6.45) is 3.25. The van der Waals surface area contributed by atoms with E-state index in [-0.39, 0.29) is 18.1 Å². The van der Waals surface area contributed by atoms with Crippen LogP contribution >= 0.6 is 0 Å². The molecule has 1 aliphatic heterocycles. The maximum Gasteiger partial charge on any atom is 0.223 e. The van der Waals surface area contributed by atoms with Gasteiger partial charge in [0, 0.05) is 13.0 Å². The standard InChI is InChI=1S/C16H21NO2/c1-3-11-17-13(2)15(9-10-16(17)18)19-12-14-7-5-4-6-8-14/h3-8,13,15H,1,9-12H2,2H3/t13-,15+/m1/s1. The Morgan fingerprint density at radius 2 is 2.16 bits per heavy atom. The molecule has 3 heteroatoms. The summed E-state index contributed by atoms with van der Waals surface area (Å²) < 4.78 is 5.98. The molecule has 0 radical (unpaired) electrons. The average Bonchev–Trinajstić information content (AvgIpc) is 2.44. The van der Waals surface area contributed by atoms with Crippen molar-refractivity contribution in [1.82, 2.24) is 4.90 Å². The van der Waals surface area contributed by atoms with Crippen LogP contribution in [0.15, 0.2) is 43.0 Å². The van der Waals surface area contributed by atoms with E-state index in [1.807, 2.05) is 23.1 Å². The van der Waals surface area contributed by atoms with Crippen molar-refractivity contribution in [1.29, 1.82) is 0 Å². The highest BCUT2D eigenvalue weighted by atomic mass is 16.5. The van der Waals surface area contributed by atoms with Gasteiger partial charge in [0.15, 0.2) is 0 Å². The first-order valence-electron chi connectivity index (χ1n) is 6.78. The maximum atomic E-state index is 11.8. The van der Waals surface area contributed by atoms with Crippen LogP contribution in [0, 0.1) is 0 Å². The van der Waals surface area contributed by atoms with Gasteiger partial charge in [0.25, 0.3) is 0 Å². The zero-order valence-electron chi connectivity index (χ0n) is 11.4. The van der Waals surface area contributed by atoms with E-state index in [4.69, 9.17) is 4.74 Å². The van der Waals surface area contributed by atoms with Crippen LogP contribution in [0.25, 0.3) is 0 Å². The van der Waals surface area contributed by atoms with Crippen LogP contribution < -0.4 is 0 Å². The highest BCUT2D eigenvalue weighted by Gasteiger charge is 2.32. The molecule has 2 rings (SSSR count).